The van der Waals surface area contributed by atoms with Crippen LogP contribution in [0.2, 0.25) is 10.0 Å². The van der Waals surface area contributed by atoms with Crippen LogP contribution in [0.4, 0.5) is 0 Å². The zero-order chi connectivity index (χ0) is 18.3. The Kier molecular flexibility index (Phi) is 8.81. The fraction of sp³-hybridized carbons (Fsp3) is 0.625. The minimum Gasteiger partial charge on any atom is -0.505 e. The van der Waals surface area contributed by atoms with Gasteiger partial charge in [0.25, 0.3) is 0 Å². The highest BCUT2D eigenvalue weighted by atomic mass is 35.5. The van der Waals surface area contributed by atoms with Gasteiger partial charge < -0.3 is 10.0 Å². The van der Waals surface area contributed by atoms with Gasteiger partial charge in [-0.25, -0.2) is 8.42 Å². The molecular formula is C16H26Cl2N2O3S. The van der Waals surface area contributed by atoms with Crippen molar-refractivity contribution in [1.29, 1.82) is 0 Å². The molecule has 0 aromatic heterocycles. The van der Waals surface area contributed by atoms with Gasteiger partial charge in [0.1, 0.15) is 4.90 Å². The zero-order valence-corrected chi connectivity index (χ0v) is 16.8. The normalized spacial score (nSPS) is 12.3. The van der Waals surface area contributed by atoms with E-state index in [9.17, 15) is 13.5 Å². The molecule has 1 aromatic carbocycles. The number of benzene rings is 1. The van der Waals surface area contributed by atoms with Crippen molar-refractivity contribution < 1.29 is 13.5 Å². The fourth-order valence-corrected chi connectivity index (χ4v) is 4.47. The Bertz CT molecular complexity index is 636. The average molecular weight is 397 g/mol. The van der Waals surface area contributed by atoms with Crippen LogP contribution >= 0.6 is 23.2 Å². The van der Waals surface area contributed by atoms with E-state index in [4.69, 9.17) is 23.2 Å². The van der Waals surface area contributed by atoms with Gasteiger partial charge in [0.05, 0.1) is 5.02 Å². The molecule has 0 bridgehead atoms. The number of likely N-dealkylation sites (N-methyl/N-ethyl adjacent to an activating group) is 1. The number of sulfonamides is 1. The summed E-state index contributed by atoms with van der Waals surface area (Å²) >= 11 is 11.8. The largest absolute Gasteiger partial charge is 0.505 e. The Labute approximate surface area is 155 Å². The summed E-state index contributed by atoms with van der Waals surface area (Å²) in [6.45, 7) is 3.43. The molecule has 0 amide bonds. The molecule has 1 rings (SSSR count). The van der Waals surface area contributed by atoms with Crippen molar-refractivity contribution in [2.45, 2.75) is 37.5 Å². The summed E-state index contributed by atoms with van der Waals surface area (Å²) < 4.78 is 27.3. The monoisotopic (exact) mass is 396 g/mol. The van der Waals surface area contributed by atoms with Gasteiger partial charge in [-0.05, 0) is 32.6 Å². The molecular weight excluding hydrogens is 371 g/mol. The molecule has 0 saturated heterocycles. The Morgan fingerprint density at radius 1 is 1.04 bits per heavy atom. The first-order valence-corrected chi connectivity index (χ1v) is 10.2. The molecule has 5 nitrogen and oxygen atoms in total. The van der Waals surface area contributed by atoms with E-state index in [1.165, 1.54) is 16.4 Å². The molecule has 0 aliphatic rings. The lowest BCUT2D eigenvalue weighted by atomic mass is 10.2. The number of halogens is 2. The molecule has 138 valence electrons. The van der Waals surface area contributed by atoms with Crippen molar-refractivity contribution in [3.05, 3.63) is 22.2 Å². The zero-order valence-electron chi connectivity index (χ0n) is 14.4. The summed E-state index contributed by atoms with van der Waals surface area (Å²) in [7, 11) is -0.103. The molecule has 0 aliphatic heterocycles. The second-order valence-corrected chi connectivity index (χ2v) is 8.75. The van der Waals surface area contributed by atoms with Crippen molar-refractivity contribution >= 4 is 33.2 Å². The van der Waals surface area contributed by atoms with Gasteiger partial charge in [-0.2, -0.15) is 4.31 Å². The number of phenols is 1. The molecule has 0 aliphatic carbocycles. The number of nitrogens with zero attached hydrogens (tertiary/aromatic N) is 2. The number of unbranched alkanes of at least 4 members (excludes halogenated alkanes) is 3. The molecule has 1 N–H and O–H groups in total. The van der Waals surface area contributed by atoms with E-state index in [0.717, 1.165) is 25.7 Å². The molecule has 0 atom stereocenters. The third-order valence-electron chi connectivity index (χ3n) is 3.67. The maximum atomic E-state index is 13.0. The van der Waals surface area contributed by atoms with E-state index in [1.54, 1.807) is 0 Å². The van der Waals surface area contributed by atoms with Gasteiger partial charge in [-0.3, -0.25) is 0 Å². The number of rotatable bonds is 10. The van der Waals surface area contributed by atoms with Crippen LogP contribution in [-0.2, 0) is 10.0 Å². The highest BCUT2D eigenvalue weighted by Crippen LogP contribution is 2.35. The van der Waals surface area contributed by atoms with Gasteiger partial charge >= 0.3 is 0 Å². The number of phenolic OH excluding ortho intramolecular Hbond substituents is 1. The molecule has 0 radical (unpaired) electrons. The van der Waals surface area contributed by atoms with Crippen molar-refractivity contribution in [3.63, 3.8) is 0 Å². The number of aromatic hydroxyl groups is 1. The van der Waals surface area contributed by atoms with Gasteiger partial charge in [-0.1, -0.05) is 49.4 Å². The van der Waals surface area contributed by atoms with E-state index >= 15 is 0 Å². The van der Waals surface area contributed by atoms with E-state index in [2.05, 4.69) is 6.92 Å². The predicted molar refractivity (Wildman–Crippen MR) is 99.6 cm³/mol. The van der Waals surface area contributed by atoms with E-state index < -0.39 is 15.8 Å². The van der Waals surface area contributed by atoms with Crippen LogP contribution in [0.5, 0.6) is 5.75 Å². The van der Waals surface area contributed by atoms with Gasteiger partial charge in [0, 0.05) is 24.7 Å². The first-order valence-electron chi connectivity index (χ1n) is 8.03. The summed E-state index contributed by atoms with van der Waals surface area (Å²) in [6.07, 6.45) is 3.88. The fourth-order valence-electron chi connectivity index (χ4n) is 2.26. The summed E-state index contributed by atoms with van der Waals surface area (Å²) in [6, 6.07) is 2.57. The number of hydrogen-bond acceptors (Lipinski definition) is 4. The molecule has 24 heavy (non-hydrogen) atoms. The van der Waals surface area contributed by atoms with Crippen molar-refractivity contribution in [2.24, 2.45) is 0 Å². The molecule has 0 fully saturated rings. The number of hydrogen-bond donors (Lipinski definition) is 1. The maximum Gasteiger partial charge on any atom is 0.246 e. The SMILES string of the molecule is CCCCCCN(CCN(C)C)S(=O)(=O)c1cc(Cl)cc(Cl)c1O. The van der Waals surface area contributed by atoms with E-state index in [1.807, 2.05) is 19.0 Å². The Balaban J connectivity index is 3.09. The van der Waals surface area contributed by atoms with Crippen LogP contribution in [0.1, 0.15) is 32.6 Å². The molecule has 0 heterocycles. The maximum absolute atomic E-state index is 13.0. The van der Waals surface area contributed by atoms with E-state index in [0.29, 0.717) is 19.6 Å². The average Bonchev–Trinajstić information content (AvgIpc) is 2.49. The summed E-state index contributed by atoms with van der Waals surface area (Å²) in [5, 5.41) is 10.2. The standard InChI is InChI=1S/C16H26Cl2N2O3S/c1-4-5-6-7-8-20(10-9-19(2)3)24(22,23)15-12-13(17)11-14(18)16(15)21/h11-12,21H,4-10H2,1-3H3. The van der Waals surface area contributed by atoms with Crippen molar-refractivity contribution in [3.8, 4) is 5.75 Å². The summed E-state index contributed by atoms with van der Waals surface area (Å²) in [4.78, 5) is 1.67. The molecule has 0 saturated carbocycles. The van der Waals surface area contributed by atoms with Crippen LogP contribution in [0, 0.1) is 0 Å². The lowest BCUT2D eigenvalue weighted by Gasteiger charge is -2.24. The second-order valence-electron chi connectivity index (χ2n) is 6.00. The highest BCUT2D eigenvalue weighted by Gasteiger charge is 2.28. The van der Waals surface area contributed by atoms with Gasteiger partial charge in [0.15, 0.2) is 5.75 Å². The Morgan fingerprint density at radius 3 is 2.29 bits per heavy atom. The molecule has 0 spiro atoms. The van der Waals surface area contributed by atoms with E-state index in [-0.39, 0.29) is 14.9 Å². The summed E-state index contributed by atoms with van der Waals surface area (Å²) in [5.41, 5.74) is 0. The quantitative estimate of drug-likeness (QED) is 0.610. The summed E-state index contributed by atoms with van der Waals surface area (Å²) in [5.74, 6) is -0.454. The lowest BCUT2D eigenvalue weighted by molar-refractivity contribution is 0.327. The topological polar surface area (TPSA) is 60.9 Å². The third kappa shape index (κ3) is 6.08. The molecule has 0 unspecified atom stereocenters. The minimum absolute atomic E-state index is 0.0698. The van der Waals surface area contributed by atoms with Crippen LogP contribution in [-0.4, -0.2) is 56.5 Å². The molecule has 8 heteroatoms. The second kappa shape index (κ2) is 9.82. The van der Waals surface area contributed by atoms with Crippen LogP contribution in [0.3, 0.4) is 0 Å². The van der Waals surface area contributed by atoms with Crippen molar-refractivity contribution in [1.82, 2.24) is 9.21 Å². The van der Waals surface area contributed by atoms with Crippen LogP contribution in [0.25, 0.3) is 0 Å². The Hall–Kier alpha value is -0.530. The lowest BCUT2D eigenvalue weighted by Crippen LogP contribution is -2.37. The van der Waals surface area contributed by atoms with Gasteiger partial charge in [0.2, 0.25) is 10.0 Å². The first-order chi connectivity index (χ1) is 11.2. The predicted octanol–water partition coefficient (Wildman–Crippen LogP) is 3.83. The highest BCUT2D eigenvalue weighted by molar-refractivity contribution is 7.89. The first kappa shape index (κ1) is 21.5. The van der Waals surface area contributed by atoms with Crippen molar-refractivity contribution in [2.75, 3.05) is 33.7 Å². The smallest absolute Gasteiger partial charge is 0.246 e. The molecule has 1 aromatic rings. The van der Waals surface area contributed by atoms with Gasteiger partial charge in [-0.15, -0.1) is 0 Å². The van der Waals surface area contributed by atoms with Crippen LogP contribution < -0.4 is 0 Å². The third-order valence-corrected chi connectivity index (χ3v) is 6.09. The Morgan fingerprint density at radius 2 is 1.71 bits per heavy atom. The minimum atomic E-state index is -3.87. The van der Waals surface area contributed by atoms with Crippen LogP contribution in [0.15, 0.2) is 17.0 Å².